The van der Waals surface area contributed by atoms with Crippen molar-refractivity contribution in [2.45, 2.75) is 235 Å². The number of primary amides is 2. The van der Waals surface area contributed by atoms with Gasteiger partial charge in [-0.05, 0) is 122 Å². The number of nitrogens with two attached hydrogens (primary N) is 3. The van der Waals surface area contributed by atoms with Crippen LogP contribution in [0.5, 0.6) is 5.75 Å². The maximum Gasteiger partial charge on any atom is 0.246 e. The number of hydrogen-bond donors (Lipinski definition) is 19. The monoisotopic (exact) mass is 1910 g/mol. The topological polar surface area (TPSA) is 626 Å². The van der Waals surface area contributed by atoms with Crippen LogP contribution in [0.2, 0.25) is 0 Å². The number of phenols is 1. The van der Waals surface area contributed by atoms with E-state index >= 15 is 38.4 Å². The van der Waals surface area contributed by atoms with E-state index < -0.39 is 222 Å². The number of aliphatic hydroxyl groups is 1. The summed E-state index contributed by atoms with van der Waals surface area (Å²) >= 11 is 2.13. The van der Waals surface area contributed by atoms with Gasteiger partial charge < -0.3 is 120 Å². The summed E-state index contributed by atoms with van der Waals surface area (Å²) in [7, 11) is 3.95. The second-order valence-corrected chi connectivity index (χ2v) is 36.6. The van der Waals surface area contributed by atoms with Crippen molar-refractivity contribution in [2.75, 3.05) is 65.4 Å². The van der Waals surface area contributed by atoms with Gasteiger partial charge in [-0.25, -0.2) is 4.98 Å². The first-order chi connectivity index (χ1) is 64.4. The first-order valence-corrected chi connectivity index (χ1v) is 47.4. The Morgan fingerprint density at radius 3 is 1.71 bits per heavy atom. The number of thioether (sulfide) groups is 1. The number of nitrogens with one attached hydrogen (secondary N) is 14. The molecule has 6 heterocycles. The van der Waals surface area contributed by atoms with Crippen molar-refractivity contribution < 1.29 is 91.7 Å². The molecule has 44 heteroatoms. The maximum atomic E-state index is 15.8. The number of aromatic nitrogens is 3. The smallest absolute Gasteiger partial charge is 0.246 e. The molecule has 17 amide bonds. The highest BCUT2D eigenvalue weighted by molar-refractivity contribution is 8.00. The number of aromatic hydroxyl groups is 1. The number of nitrogens with zero attached hydrogens (tertiary/aromatic N) is 6. The van der Waals surface area contributed by atoms with Crippen LogP contribution in [-0.4, -0.2) is 306 Å². The molecule has 0 aliphatic carbocycles. The van der Waals surface area contributed by atoms with E-state index in [9.17, 15) is 53.4 Å². The van der Waals surface area contributed by atoms with Gasteiger partial charge in [0.25, 0.3) is 0 Å². The lowest BCUT2D eigenvalue weighted by atomic mass is 10.00. The van der Waals surface area contributed by atoms with E-state index in [-0.39, 0.29) is 115 Å². The average molecular weight is 1910 g/mol. The molecule has 0 bridgehead atoms. The third-order valence-corrected chi connectivity index (χ3v) is 26.2. The summed E-state index contributed by atoms with van der Waals surface area (Å²) in [6, 6.07) is -1.10. The lowest BCUT2D eigenvalue weighted by Gasteiger charge is -2.36. The number of carbonyl (C=O) groups excluding carboxylic acids is 17. The quantitative estimate of drug-likeness (QED) is 0.0132. The van der Waals surface area contributed by atoms with E-state index in [0.29, 0.717) is 59.0 Å². The molecule has 732 valence electrons. The predicted molar refractivity (Wildman–Crippen MR) is 502 cm³/mol. The zero-order valence-electron chi connectivity index (χ0n) is 77.1. The van der Waals surface area contributed by atoms with Gasteiger partial charge in [-0.3, -0.25) is 86.9 Å². The standard InChI is InChI=1S/C91H127N23O19S2/c1-9-11-24-69-83(126)102-60(23-17-33-97-91(94)95)79(122)109-68(78(121)99-44-75(93)118)47-134-48-76(119)101-64(37-52-29-31-56(116)32-30-52)86(129)110(6)51(5)77(120)105-66(41-74(92)117)89(132)114-35-19-27-71(114)85(128)104-62(40-55-43-96-49-100-55)81(124)106-63(36-50(3)4)88(131)113-34-18-26-70(113)84(127)103-61(38-53-42-98-59-22-15-13-20-57(53)59)80(123)108-67(45-115)82(125)107-65(39-54-46-135-73-28-16-14-21-58(54)73)87(130)112(8)72(25-12-10-2)90(133)111(69)7/h13-16,20-22,28-32,42-43,46,49-51,60-72,98,115-116H,9-12,17-19,23-27,33-41,44-45,47-48H2,1-8H3,(H2,92,117)(H2,93,118)(H,96,100)(H,99,121)(H,101,119)(H,102,126)(H,103,127)(H,104,128)(H,105,120)(H,106,124)(H,107,125)(H,108,123)(H,109,122)(H4,94,95,97)/t51-,60-,61-,62-,63-,64-,65-,66-,67-,68?,69-,70-,71-,72-/m0/s1/i8+1. The number of para-hydroxylation sites is 1. The number of fused-ring (bicyclic) bond motifs is 4. The van der Waals surface area contributed by atoms with Gasteiger partial charge in [0, 0.05) is 106 Å². The average Bonchev–Trinajstić information content (AvgIpc) is 1.80. The summed E-state index contributed by atoms with van der Waals surface area (Å²) < 4.78 is 0.825. The first kappa shape index (κ1) is 105. The van der Waals surface area contributed by atoms with E-state index in [1.807, 2.05) is 32.0 Å². The van der Waals surface area contributed by atoms with Crippen LogP contribution in [0.25, 0.3) is 21.0 Å². The SMILES string of the molecule is CCCC[C@H]1C(=O)N[C@@H](CCCNC(=N)N)C(=O)NC(C(=O)NCC(N)=O)CSCC(=O)N[C@@H](Cc2ccc(O)cc2)C(=O)N(C)[C@@H](C)C(=O)N[C@@H](CC(N)=O)C(=O)N2CCC[C@H]2C(=O)N[C@@H](Cc2cnc[nH]2)C(=O)N[C@@H](CC(C)C)C(=O)N2CCC[C@H]2C(=O)N[C@@H](Cc2c[nH]c3ccccc23)C(=O)N[C@@H](CO)C(=O)N[C@@H](Cc2csc3ccccc23)C(=O)N([13CH3])[C@@H](CCCC)C(=O)N1C. The van der Waals surface area contributed by atoms with Crippen molar-refractivity contribution in [3.63, 3.8) is 0 Å². The number of thiophene rings is 1. The van der Waals surface area contributed by atoms with Crippen LogP contribution in [0.4, 0.5) is 0 Å². The van der Waals surface area contributed by atoms with Gasteiger partial charge in [0.1, 0.15) is 90.3 Å². The molecule has 6 aromatic rings. The fourth-order valence-corrected chi connectivity index (χ4v) is 18.5. The number of aromatic amines is 2. The minimum atomic E-state index is -1.84. The van der Waals surface area contributed by atoms with Crippen LogP contribution in [0.15, 0.2) is 96.9 Å². The van der Waals surface area contributed by atoms with Crippen molar-refractivity contribution in [1.29, 1.82) is 5.41 Å². The number of hydrogen-bond acceptors (Lipinski definition) is 23. The van der Waals surface area contributed by atoms with E-state index in [2.05, 4.69) is 73.4 Å². The lowest BCUT2D eigenvalue weighted by Crippen LogP contribution is -2.62. The largest absolute Gasteiger partial charge is 0.508 e. The molecule has 3 aromatic carbocycles. The number of unbranched alkanes of at least 4 members (excludes halogenated alkanes) is 2. The Morgan fingerprint density at radius 2 is 1.10 bits per heavy atom. The number of carbonyl (C=O) groups is 17. The number of benzene rings is 3. The molecule has 0 radical (unpaired) electrons. The molecule has 0 saturated carbocycles. The molecule has 3 aliphatic heterocycles. The highest BCUT2D eigenvalue weighted by Crippen LogP contribution is 2.30. The number of phenolic OH excluding ortho intramolecular Hbond substituents is 1. The molecule has 3 aliphatic rings. The molecule has 3 fully saturated rings. The maximum absolute atomic E-state index is 15.8. The van der Waals surface area contributed by atoms with Gasteiger partial charge >= 0.3 is 0 Å². The Balaban J connectivity index is 1.10. The molecular formula is C91H127N23O19S2. The number of amides is 17. The number of aliphatic hydroxyl groups excluding tert-OH is 1. The third kappa shape index (κ3) is 29.6. The van der Waals surface area contributed by atoms with Crippen LogP contribution >= 0.6 is 23.1 Å². The zero-order chi connectivity index (χ0) is 98.4. The van der Waals surface area contributed by atoms with E-state index in [0.717, 1.165) is 36.5 Å². The molecule has 14 atom stereocenters. The summed E-state index contributed by atoms with van der Waals surface area (Å²) in [5.41, 5.74) is 19.4. The van der Waals surface area contributed by atoms with Crippen molar-refractivity contribution in [3.8, 4) is 5.75 Å². The Labute approximate surface area is 789 Å². The molecule has 9 rings (SSSR count). The molecule has 3 aromatic heterocycles. The molecule has 3 saturated heterocycles. The van der Waals surface area contributed by atoms with Crippen LogP contribution in [0, 0.1) is 11.3 Å². The fraction of sp³-hybridized carbons (Fsp3) is 0.527. The van der Waals surface area contributed by atoms with E-state index in [1.165, 1.54) is 86.0 Å². The molecular weight excluding hydrogens is 1780 g/mol. The number of imidazole rings is 1. The van der Waals surface area contributed by atoms with Gasteiger partial charge in [-0.1, -0.05) is 102 Å². The predicted octanol–water partition coefficient (Wildman–Crippen LogP) is -1.17. The van der Waals surface area contributed by atoms with Crippen LogP contribution in [0.1, 0.15) is 147 Å². The normalized spacial score (nSPS) is 24.2. The summed E-state index contributed by atoms with van der Waals surface area (Å²) in [5.74, 6) is -17.2. The second kappa shape index (κ2) is 50.7. The summed E-state index contributed by atoms with van der Waals surface area (Å²) in [5, 5.41) is 61.9. The Hall–Kier alpha value is -13.3. The summed E-state index contributed by atoms with van der Waals surface area (Å²) in [6.07, 6.45) is 4.66. The van der Waals surface area contributed by atoms with Crippen molar-refractivity contribution in [3.05, 3.63) is 119 Å². The number of guanidine groups is 1. The van der Waals surface area contributed by atoms with Gasteiger partial charge in [-0.15, -0.1) is 23.1 Å². The molecule has 0 spiro atoms. The van der Waals surface area contributed by atoms with Gasteiger partial charge in [0.2, 0.25) is 100 Å². The van der Waals surface area contributed by atoms with Crippen LogP contribution in [-0.2, 0) is 107 Å². The lowest BCUT2D eigenvalue weighted by molar-refractivity contribution is -0.149. The highest BCUT2D eigenvalue weighted by Gasteiger charge is 2.46. The van der Waals surface area contributed by atoms with Gasteiger partial charge in [-0.2, -0.15) is 0 Å². The Morgan fingerprint density at radius 1 is 0.548 bits per heavy atom. The van der Waals surface area contributed by atoms with Gasteiger partial charge in [0.05, 0.1) is 31.7 Å². The second-order valence-electron chi connectivity index (χ2n) is 34.7. The summed E-state index contributed by atoms with van der Waals surface area (Å²) in [6.45, 7) is 6.68. The Kier molecular flexibility index (Phi) is 39.6. The zero-order valence-corrected chi connectivity index (χ0v) is 78.8. The molecule has 42 nitrogen and oxygen atoms in total. The first-order valence-electron chi connectivity index (χ1n) is 45.4. The third-order valence-electron chi connectivity index (χ3n) is 24.2. The molecule has 22 N–H and O–H groups in total. The number of likely N-dealkylation sites (N-methyl/N-ethyl adjacent to an activating group) is 3. The molecule has 1 unspecified atom stereocenters. The van der Waals surface area contributed by atoms with Crippen molar-refractivity contribution in [1.82, 2.24) is 97.9 Å². The van der Waals surface area contributed by atoms with E-state index in [4.69, 9.17) is 22.6 Å². The highest BCUT2D eigenvalue weighted by atomic mass is 32.2. The minimum Gasteiger partial charge on any atom is -0.508 e. The van der Waals surface area contributed by atoms with Crippen molar-refractivity contribution >= 4 is 150 Å². The summed E-state index contributed by atoms with van der Waals surface area (Å²) in [4.78, 5) is 266. The minimum absolute atomic E-state index is 0.00306. The van der Waals surface area contributed by atoms with Crippen LogP contribution in [0.3, 0.4) is 0 Å². The van der Waals surface area contributed by atoms with Gasteiger partial charge in [0.15, 0.2) is 5.96 Å². The van der Waals surface area contributed by atoms with Crippen LogP contribution < -0.4 is 75.7 Å². The Bertz CT molecular complexity index is 5210. The van der Waals surface area contributed by atoms with Crippen molar-refractivity contribution in [2.24, 2.45) is 23.1 Å². The number of rotatable bonds is 26. The number of H-pyrrole nitrogens is 2. The fourth-order valence-electron chi connectivity index (χ4n) is 16.7. The van der Waals surface area contributed by atoms with E-state index in [1.54, 1.807) is 55.8 Å². The molecule has 135 heavy (non-hydrogen) atoms.